The zero-order valence-corrected chi connectivity index (χ0v) is 15.6. The molecule has 1 amide bonds. The van der Waals surface area contributed by atoms with Crippen molar-refractivity contribution in [3.63, 3.8) is 0 Å². The Hall–Kier alpha value is -2.66. The average molecular weight is 369 g/mol. The summed E-state index contributed by atoms with van der Waals surface area (Å²) < 4.78 is 1.74. The van der Waals surface area contributed by atoms with E-state index in [1.165, 1.54) is 0 Å². The van der Waals surface area contributed by atoms with E-state index in [1.54, 1.807) is 35.4 Å². The molecule has 0 radical (unpaired) electrons. The Morgan fingerprint density at radius 3 is 2.65 bits per heavy atom. The second-order valence-electron chi connectivity index (χ2n) is 6.13. The Morgan fingerprint density at radius 1 is 1.23 bits per heavy atom. The molecule has 1 N–H and O–H groups in total. The molecule has 134 valence electrons. The Morgan fingerprint density at radius 2 is 2.00 bits per heavy atom. The highest BCUT2D eigenvalue weighted by molar-refractivity contribution is 6.30. The van der Waals surface area contributed by atoms with Crippen molar-refractivity contribution in [2.45, 2.75) is 32.7 Å². The van der Waals surface area contributed by atoms with Gasteiger partial charge in [-0.15, -0.1) is 0 Å². The van der Waals surface area contributed by atoms with Crippen LogP contribution in [-0.4, -0.2) is 20.7 Å². The number of hydrogen-bond donors (Lipinski definition) is 1. The number of carbonyl (C=O) groups excluding carboxylic acids is 1. The van der Waals surface area contributed by atoms with Crippen LogP contribution in [0.25, 0.3) is 5.69 Å². The van der Waals surface area contributed by atoms with Crippen LogP contribution in [0.3, 0.4) is 0 Å². The molecule has 0 saturated heterocycles. The van der Waals surface area contributed by atoms with E-state index in [4.69, 9.17) is 11.6 Å². The Kier molecular flexibility index (Phi) is 5.68. The highest BCUT2D eigenvalue weighted by Gasteiger charge is 2.19. The average Bonchev–Trinajstić information content (AvgIpc) is 3.04. The van der Waals surface area contributed by atoms with Crippen molar-refractivity contribution >= 4 is 17.5 Å². The summed E-state index contributed by atoms with van der Waals surface area (Å²) >= 11 is 5.94. The Bertz CT molecular complexity index is 875. The van der Waals surface area contributed by atoms with Gasteiger partial charge in [0.2, 0.25) is 0 Å². The van der Waals surface area contributed by atoms with Crippen LogP contribution >= 0.6 is 11.6 Å². The zero-order valence-electron chi connectivity index (χ0n) is 14.8. The molecule has 2 heterocycles. The van der Waals surface area contributed by atoms with Crippen LogP contribution in [0.4, 0.5) is 0 Å². The van der Waals surface area contributed by atoms with Crippen molar-refractivity contribution in [1.82, 2.24) is 20.1 Å². The molecule has 1 aromatic carbocycles. The summed E-state index contributed by atoms with van der Waals surface area (Å²) in [5.41, 5.74) is 3.21. The van der Waals surface area contributed by atoms with Crippen LogP contribution in [0, 0.1) is 6.92 Å². The van der Waals surface area contributed by atoms with Crippen LogP contribution in [0.15, 0.2) is 55.0 Å². The van der Waals surface area contributed by atoms with E-state index in [0.717, 1.165) is 29.8 Å². The summed E-state index contributed by atoms with van der Waals surface area (Å²) in [6.07, 6.45) is 6.94. The van der Waals surface area contributed by atoms with E-state index >= 15 is 0 Å². The van der Waals surface area contributed by atoms with Gasteiger partial charge in [0.1, 0.15) is 0 Å². The third kappa shape index (κ3) is 3.94. The molecule has 0 aliphatic carbocycles. The SMILES string of the molecule is CCCC(NC(=O)c1cnn(-c2ccc(Cl)cc2)c1C)c1cccnc1. The molecule has 3 aromatic rings. The lowest BCUT2D eigenvalue weighted by Crippen LogP contribution is -2.29. The van der Waals surface area contributed by atoms with E-state index in [9.17, 15) is 4.79 Å². The standard InChI is InChI=1S/C20H21ClN4O/c1-3-5-19(15-6-4-11-22-12-15)24-20(26)18-13-23-25(14(18)2)17-9-7-16(21)8-10-17/h4,6-13,19H,3,5H2,1-2H3,(H,24,26). The number of nitrogens with one attached hydrogen (secondary N) is 1. The molecule has 6 heteroatoms. The molecule has 0 saturated carbocycles. The van der Waals surface area contributed by atoms with Crippen molar-refractivity contribution in [2.24, 2.45) is 0 Å². The van der Waals surface area contributed by atoms with Crippen molar-refractivity contribution in [3.05, 3.63) is 76.8 Å². The van der Waals surface area contributed by atoms with Crippen molar-refractivity contribution in [3.8, 4) is 5.69 Å². The molecule has 2 aromatic heterocycles. The van der Waals surface area contributed by atoms with E-state index in [0.29, 0.717) is 10.6 Å². The fourth-order valence-electron chi connectivity index (χ4n) is 2.90. The minimum atomic E-state index is -0.134. The van der Waals surface area contributed by atoms with Gasteiger partial charge in [0.15, 0.2) is 0 Å². The number of nitrogens with zero attached hydrogens (tertiary/aromatic N) is 3. The topological polar surface area (TPSA) is 59.8 Å². The Labute approximate surface area is 158 Å². The van der Waals surface area contributed by atoms with Gasteiger partial charge in [-0.3, -0.25) is 9.78 Å². The molecular weight excluding hydrogens is 348 g/mol. The highest BCUT2D eigenvalue weighted by Crippen LogP contribution is 2.20. The number of rotatable bonds is 6. The van der Waals surface area contributed by atoms with Gasteiger partial charge in [0, 0.05) is 17.4 Å². The lowest BCUT2D eigenvalue weighted by Gasteiger charge is -2.18. The van der Waals surface area contributed by atoms with Gasteiger partial charge in [-0.2, -0.15) is 5.10 Å². The number of carbonyl (C=O) groups is 1. The van der Waals surface area contributed by atoms with Crippen LogP contribution < -0.4 is 5.32 Å². The predicted octanol–water partition coefficient (Wildman–Crippen LogP) is 4.50. The number of pyridine rings is 1. The normalized spacial score (nSPS) is 12.0. The number of halogens is 1. The number of amides is 1. The first kappa shape index (κ1) is 18.1. The zero-order chi connectivity index (χ0) is 18.5. The molecule has 0 spiro atoms. The molecule has 0 fully saturated rings. The van der Waals surface area contributed by atoms with E-state index in [1.807, 2.05) is 31.2 Å². The lowest BCUT2D eigenvalue weighted by atomic mass is 10.0. The fourth-order valence-corrected chi connectivity index (χ4v) is 3.03. The van der Waals surface area contributed by atoms with Crippen LogP contribution in [-0.2, 0) is 0 Å². The van der Waals surface area contributed by atoms with Crippen molar-refractivity contribution < 1.29 is 4.79 Å². The minimum Gasteiger partial charge on any atom is -0.345 e. The van der Waals surface area contributed by atoms with Crippen LogP contribution in [0.5, 0.6) is 0 Å². The minimum absolute atomic E-state index is 0.0699. The van der Waals surface area contributed by atoms with Gasteiger partial charge in [-0.1, -0.05) is 31.0 Å². The fraction of sp³-hybridized carbons (Fsp3) is 0.250. The second kappa shape index (κ2) is 8.15. The summed E-state index contributed by atoms with van der Waals surface area (Å²) in [7, 11) is 0. The molecule has 0 bridgehead atoms. The molecule has 0 aliphatic rings. The smallest absolute Gasteiger partial charge is 0.255 e. The van der Waals surface area contributed by atoms with Crippen LogP contribution in [0.2, 0.25) is 5.02 Å². The maximum absolute atomic E-state index is 12.8. The first-order chi connectivity index (χ1) is 12.6. The maximum atomic E-state index is 12.8. The molecule has 5 nitrogen and oxygen atoms in total. The van der Waals surface area contributed by atoms with Crippen LogP contribution in [0.1, 0.15) is 47.4 Å². The Balaban J connectivity index is 1.82. The van der Waals surface area contributed by atoms with Gasteiger partial charge in [-0.05, 0) is 49.2 Å². The molecule has 1 unspecified atom stereocenters. The van der Waals surface area contributed by atoms with Crippen molar-refractivity contribution in [1.29, 1.82) is 0 Å². The lowest BCUT2D eigenvalue weighted by molar-refractivity contribution is 0.0934. The first-order valence-electron chi connectivity index (χ1n) is 8.61. The van der Waals surface area contributed by atoms with Gasteiger partial charge >= 0.3 is 0 Å². The molecule has 3 rings (SSSR count). The van der Waals surface area contributed by atoms with E-state index < -0.39 is 0 Å². The quantitative estimate of drug-likeness (QED) is 0.696. The third-order valence-corrected chi connectivity index (χ3v) is 4.55. The van der Waals surface area contributed by atoms with E-state index in [2.05, 4.69) is 22.3 Å². The molecular formula is C20H21ClN4O. The summed E-state index contributed by atoms with van der Waals surface area (Å²) in [5.74, 6) is -0.134. The first-order valence-corrected chi connectivity index (χ1v) is 8.99. The molecule has 1 atom stereocenters. The van der Waals surface area contributed by atoms with Gasteiger partial charge in [0.25, 0.3) is 5.91 Å². The summed E-state index contributed by atoms with van der Waals surface area (Å²) in [6, 6.07) is 11.2. The third-order valence-electron chi connectivity index (χ3n) is 4.30. The monoisotopic (exact) mass is 368 g/mol. The maximum Gasteiger partial charge on any atom is 0.255 e. The van der Waals surface area contributed by atoms with Crippen molar-refractivity contribution in [2.75, 3.05) is 0 Å². The molecule has 26 heavy (non-hydrogen) atoms. The second-order valence-corrected chi connectivity index (χ2v) is 6.57. The van der Waals surface area contributed by atoms with E-state index in [-0.39, 0.29) is 11.9 Å². The van der Waals surface area contributed by atoms with Gasteiger partial charge in [0.05, 0.1) is 29.2 Å². The van der Waals surface area contributed by atoms with Gasteiger partial charge in [-0.25, -0.2) is 4.68 Å². The summed E-state index contributed by atoms with van der Waals surface area (Å²) in [6.45, 7) is 3.98. The predicted molar refractivity (Wildman–Crippen MR) is 103 cm³/mol. The van der Waals surface area contributed by atoms with Gasteiger partial charge < -0.3 is 5.32 Å². The molecule has 0 aliphatic heterocycles. The number of hydrogen-bond acceptors (Lipinski definition) is 3. The number of benzene rings is 1. The summed E-state index contributed by atoms with van der Waals surface area (Å²) in [5, 5.41) is 8.14. The summed E-state index contributed by atoms with van der Waals surface area (Å²) in [4.78, 5) is 17.0. The highest BCUT2D eigenvalue weighted by atomic mass is 35.5. The number of aromatic nitrogens is 3. The largest absolute Gasteiger partial charge is 0.345 e.